The van der Waals surface area contributed by atoms with E-state index in [0.717, 1.165) is 25.7 Å². The van der Waals surface area contributed by atoms with Crippen LogP contribution in [0.15, 0.2) is 0 Å². The minimum absolute atomic E-state index is 0.324. The van der Waals surface area contributed by atoms with Gasteiger partial charge in [0.25, 0.3) is 0 Å². The Morgan fingerprint density at radius 3 is 0.763 bits per heavy atom. The Bertz CT molecular complexity index is 570. The van der Waals surface area contributed by atoms with Crippen LogP contribution in [0.3, 0.4) is 0 Å². The molecule has 6 nitrogen and oxygen atoms in total. The lowest BCUT2D eigenvalue weighted by atomic mass is 9.85. The normalized spacial score (nSPS) is 42.2. The standard InChI is InChI=1S/C32H56O6/c33-25-27-28(36-31(35-27)23-19-15-11-7-3-1-4-8-12-16-20-23)26(34)30-29(25)37-32(38-30)24-21-17-13-9-5-2-6-10-14-18-22-24/h23-34H,1-22H2/t25?,26?,27-,28+,29-,30?,31?,32?/m0/s1. The van der Waals surface area contributed by atoms with Crippen molar-refractivity contribution in [3.63, 3.8) is 0 Å². The number of fused-ring (bicyclic) bond motifs is 2. The van der Waals surface area contributed by atoms with Crippen LogP contribution in [0.5, 0.6) is 0 Å². The first-order valence-corrected chi connectivity index (χ1v) is 16.7. The highest BCUT2D eigenvalue weighted by Gasteiger charge is 2.61. The predicted molar refractivity (Wildman–Crippen MR) is 148 cm³/mol. The molecule has 3 aliphatic carbocycles. The Kier molecular flexibility index (Phi) is 11.6. The zero-order chi connectivity index (χ0) is 26.2. The quantitative estimate of drug-likeness (QED) is 0.405. The fourth-order valence-corrected chi connectivity index (χ4v) is 7.85. The maximum Gasteiger partial charge on any atom is 0.161 e. The molecule has 8 atom stereocenters. The van der Waals surface area contributed by atoms with Crippen LogP contribution in [-0.2, 0) is 18.9 Å². The van der Waals surface area contributed by atoms with Crippen LogP contribution in [0.4, 0.5) is 0 Å². The minimum Gasteiger partial charge on any atom is -0.387 e. The molecule has 6 heteroatoms. The molecule has 0 aromatic carbocycles. The molecule has 5 fully saturated rings. The van der Waals surface area contributed by atoms with Gasteiger partial charge in [-0.3, -0.25) is 0 Å². The number of aliphatic hydroxyl groups is 2. The van der Waals surface area contributed by atoms with Crippen molar-refractivity contribution in [1.82, 2.24) is 0 Å². The van der Waals surface area contributed by atoms with Crippen LogP contribution in [0.1, 0.15) is 141 Å². The summed E-state index contributed by atoms with van der Waals surface area (Å²) in [4.78, 5) is 0. The average molecular weight is 537 g/mol. The lowest BCUT2D eigenvalue weighted by molar-refractivity contribution is -0.152. The molecule has 0 spiro atoms. The van der Waals surface area contributed by atoms with Gasteiger partial charge < -0.3 is 29.2 Å². The topological polar surface area (TPSA) is 77.4 Å². The molecule has 0 radical (unpaired) electrons. The van der Waals surface area contributed by atoms with Crippen LogP contribution >= 0.6 is 0 Å². The Balaban J connectivity index is 1.18. The van der Waals surface area contributed by atoms with E-state index < -0.39 is 36.6 Å². The smallest absolute Gasteiger partial charge is 0.161 e. The van der Waals surface area contributed by atoms with Crippen molar-refractivity contribution >= 4 is 0 Å². The lowest BCUT2D eigenvalue weighted by Gasteiger charge is -2.38. The minimum atomic E-state index is -0.833. The van der Waals surface area contributed by atoms with Crippen molar-refractivity contribution in [2.45, 2.75) is 190 Å². The second-order valence-corrected chi connectivity index (χ2v) is 13.2. The third kappa shape index (κ3) is 7.53. The molecule has 5 aliphatic rings. The number of rotatable bonds is 2. The first kappa shape index (κ1) is 29.3. The van der Waals surface area contributed by atoms with E-state index in [-0.39, 0.29) is 12.6 Å². The van der Waals surface area contributed by atoms with Gasteiger partial charge in [-0.05, 0) is 25.7 Å². The van der Waals surface area contributed by atoms with E-state index in [1.54, 1.807) is 0 Å². The van der Waals surface area contributed by atoms with E-state index in [9.17, 15) is 10.2 Å². The van der Waals surface area contributed by atoms with Crippen molar-refractivity contribution < 1.29 is 29.2 Å². The maximum atomic E-state index is 11.4. The number of ether oxygens (including phenoxy) is 4. The summed E-state index contributed by atoms with van der Waals surface area (Å²) in [6.45, 7) is 0. The number of aliphatic hydroxyl groups excluding tert-OH is 2. The Morgan fingerprint density at radius 2 is 0.526 bits per heavy atom. The number of hydrogen-bond donors (Lipinski definition) is 2. The molecule has 3 saturated carbocycles. The molecular formula is C32H56O6. The molecule has 0 aromatic rings. The van der Waals surface area contributed by atoms with Crippen molar-refractivity contribution in [1.29, 1.82) is 0 Å². The van der Waals surface area contributed by atoms with Crippen LogP contribution in [0.2, 0.25) is 0 Å². The summed E-state index contributed by atoms with van der Waals surface area (Å²) >= 11 is 0. The van der Waals surface area contributed by atoms with Crippen molar-refractivity contribution in [2.75, 3.05) is 0 Å². The van der Waals surface area contributed by atoms with Crippen molar-refractivity contribution in [3.05, 3.63) is 0 Å². The average Bonchev–Trinajstić information content (AvgIpc) is 3.54. The molecule has 0 aromatic heterocycles. The first-order chi connectivity index (χ1) is 18.7. The van der Waals surface area contributed by atoms with Gasteiger partial charge in [-0.1, -0.05) is 116 Å². The van der Waals surface area contributed by atoms with Gasteiger partial charge in [0.15, 0.2) is 12.6 Å². The Labute approximate surface area is 231 Å². The molecule has 0 bridgehead atoms. The van der Waals surface area contributed by atoms with Gasteiger partial charge in [0.05, 0.1) is 0 Å². The maximum absolute atomic E-state index is 11.4. The summed E-state index contributed by atoms with van der Waals surface area (Å²) < 4.78 is 25.7. The van der Waals surface area contributed by atoms with E-state index in [1.165, 1.54) is 116 Å². The van der Waals surface area contributed by atoms with E-state index >= 15 is 0 Å². The zero-order valence-electron chi connectivity index (χ0n) is 23.9. The fourth-order valence-electron chi connectivity index (χ4n) is 7.85. The van der Waals surface area contributed by atoms with Gasteiger partial charge in [-0.25, -0.2) is 0 Å². The van der Waals surface area contributed by atoms with E-state index in [2.05, 4.69) is 0 Å². The van der Waals surface area contributed by atoms with Crippen LogP contribution in [0, 0.1) is 11.8 Å². The summed E-state index contributed by atoms with van der Waals surface area (Å²) in [7, 11) is 0. The molecule has 5 rings (SSSR count). The molecule has 220 valence electrons. The highest BCUT2D eigenvalue weighted by atomic mass is 16.8. The lowest BCUT2D eigenvalue weighted by Crippen LogP contribution is -2.61. The monoisotopic (exact) mass is 536 g/mol. The van der Waals surface area contributed by atoms with Crippen molar-refractivity contribution in [2.24, 2.45) is 11.8 Å². The second-order valence-electron chi connectivity index (χ2n) is 13.2. The molecular weight excluding hydrogens is 480 g/mol. The highest BCUT2D eigenvalue weighted by Crippen LogP contribution is 2.44. The molecule has 2 heterocycles. The molecule has 0 amide bonds. The van der Waals surface area contributed by atoms with E-state index in [0.29, 0.717) is 11.8 Å². The third-order valence-electron chi connectivity index (χ3n) is 10.2. The van der Waals surface area contributed by atoms with Crippen LogP contribution in [0.25, 0.3) is 0 Å². The summed E-state index contributed by atoms with van der Waals surface area (Å²) in [5, 5.41) is 22.8. The molecule has 2 aliphatic heterocycles. The van der Waals surface area contributed by atoms with Crippen LogP contribution < -0.4 is 0 Å². The fraction of sp³-hybridized carbons (Fsp3) is 1.00. The van der Waals surface area contributed by atoms with Gasteiger partial charge in [0, 0.05) is 11.8 Å². The predicted octanol–water partition coefficient (Wildman–Crippen LogP) is 6.78. The van der Waals surface area contributed by atoms with Gasteiger partial charge in [-0.2, -0.15) is 0 Å². The summed E-state index contributed by atoms with van der Waals surface area (Å²) in [6.07, 6.45) is 23.2. The molecule has 2 N–H and O–H groups in total. The summed E-state index contributed by atoms with van der Waals surface area (Å²) in [5.41, 5.74) is 0. The molecule has 2 saturated heterocycles. The zero-order valence-corrected chi connectivity index (χ0v) is 23.9. The van der Waals surface area contributed by atoms with Gasteiger partial charge in [-0.15, -0.1) is 0 Å². The van der Waals surface area contributed by atoms with E-state index in [1.807, 2.05) is 0 Å². The first-order valence-electron chi connectivity index (χ1n) is 16.7. The molecule has 38 heavy (non-hydrogen) atoms. The van der Waals surface area contributed by atoms with Gasteiger partial charge in [0.2, 0.25) is 0 Å². The van der Waals surface area contributed by atoms with Crippen LogP contribution in [-0.4, -0.2) is 59.4 Å². The van der Waals surface area contributed by atoms with Gasteiger partial charge in [0.1, 0.15) is 36.6 Å². The Morgan fingerprint density at radius 1 is 0.316 bits per heavy atom. The summed E-state index contributed by atoms with van der Waals surface area (Å²) in [6, 6.07) is 0. The Hall–Kier alpha value is -0.240. The van der Waals surface area contributed by atoms with E-state index in [4.69, 9.17) is 18.9 Å². The summed E-state index contributed by atoms with van der Waals surface area (Å²) in [5.74, 6) is 0.648. The SMILES string of the molecule is OC1C2OC(C3CCCCCCCCCCC3)O[C@H]2C(O)[C@@H]2OC(C3CCCCCCCCCCC3)O[C@H]12. The van der Waals surface area contributed by atoms with Gasteiger partial charge >= 0.3 is 0 Å². The second kappa shape index (κ2) is 15.1. The van der Waals surface area contributed by atoms with Crippen molar-refractivity contribution in [3.8, 4) is 0 Å². The number of hydrogen-bond acceptors (Lipinski definition) is 6. The highest BCUT2D eigenvalue weighted by molar-refractivity contribution is 5.06. The largest absolute Gasteiger partial charge is 0.387 e. The third-order valence-corrected chi connectivity index (χ3v) is 10.2. The molecule has 5 unspecified atom stereocenters.